The van der Waals surface area contributed by atoms with Crippen molar-refractivity contribution in [2.75, 3.05) is 18.9 Å². The predicted octanol–water partition coefficient (Wildman–Crippen LogP) is 3.43. The monoisotopic (exact) mass is 426 g/mol. The SMILES string of the molecule is COc1ccc(CNC(=O)c2ccccc2NS(=O)(=O)c2ccccc2)cc1OC. The highest BCUT2D eigenvalue weighted by Gasteiger charge is 2.18. The van der Waals surface area contributed by atoms with E-state index in [0.717, 1.165) is 5.56 Å². The Hall–Kier alpha value is -3.52. The molecule has 3 aromatic rings. The number of hydrogen-bond acceptors (Lipinski definition) is 5. The van der Waals surface area contributed by atoms with Crippen LogP contribution in [0.1, 0.15) is 15.9 Å². The Morgan fingerprint density at radius 3 is 2.23 bits per heavy atom. The Morgan fingerprint density at radius 2 is 1.53 bits per heavy atom. The number of benzene rings is 3. The molecule has 0 fully saturated rings. The lowest BCUT2D eigenvalue weighted by atomic mass is 10.1. The lowest BCUT2D eigenvalue weighted by Gasteiger charge is -2.13. The Labute approximate surface area is 175 Å². The van der Waals surface area contributed by atoms with Crippen LogP contribution in [0.15, 0.2) is 77.7 Å². The van der Waals surface area contributed by atoms with Crippen molar-refractivity contribution >= 4 is 21.6 Å². The van der Waals surface area contributed by atoms with E-state index in [9.17, 15) is 13.2 Å². The fourth-order valence-electron chi connectivity index (χ4n) is 2.84. The van der Waals surface area contributed by atoms with Crippen LogP contribution >= 0.6 is 0 Å². The Morgan fingerprint density at radius 1 is 0.867 bits per heavy atom. The number of carbonyl (C=O) groups excluding carboxylic acids is 1. The Kier molecular flexibility index (Phi) is 6.58. The van der Waals surface area contributed by atoms with Gasteiger partial charge in [-0.3, -0.25) is 9.52 Å². The number of hydrogen-bond donors (Lipinski definition) is 2. The van der Waals surface area contributed by atoms with Gasteiger partial charge in [0.25, 0.3) is 15.9 Å². The van der Waals surface area contributed by atoms with Crippen LogP contribution in [0.5, 0.6) is 11.5 Å². The molecule has 0 aliphatic carbocycles. The van der Waals surface area contributed by atoms with Crippen LogP contribution in [0.2, 0.25) is 0 Å². The molecule has 0 saturated carbocycles. The molecule has 0 aliphatic heterocycles. The van der Waals surface area contributed by atoms with Crippen LogP contribution in [-0.2, 0) is 16.6 Å². The maximum absolute atomic E-state index is 12.7. The molecule has 30 heavy (non-hydrogen) atoms. The molecule has 3 aromatic carbocycles. The number of rotatable bonds is 8. The van der Waals surface area contributed by atoms with E-state index in [1.54, 1.807) is 61.7 Å². The van der Waals surface area contributed by atoms with E-state index in [0.29, 0.717) is 11.5 Å². The van der Waals surface area contributed by atoms with Gasteiger partial charge >= 0.3 is 0 Å². The first-order chi connectivity index (χ1) is 14.4. The van der Waals surface area contributed by atoms with Crippen molar-refractivity contribution in [2.24, 2.45) is 0 Å². The minimum Gasteiger partial charge on any atom is -0.493 e. The molecule has 156 valence electrons. The van der Waals surface area contributed by atoms with E-state index in [2.05, 4.69) is 10.0 Å². The largest absolute Gasteiger partial charge is 0.493 e. The predicted molar refractivity (Wildman–Crippen MR) is 114 cm³/mol. The number of carbonyl (C=O) groups is 1. The fourth-order valence-corrected chi connectivity index (χ4v) is 3.94. The number of methoxy groups -OCH3 is 2. The normalized spacial score (nSPS) is 10.9. The molecule has 0 unspecified atom stereocenters. The lowest BCUT2D eigenvalue weighted by Crippen LogP contribution is -2.25. The van der Waals surface area contributed by atoms with Gasteiger partial charge in [0.15, 0.2) is 11.5 Å². The van der Waals surface area contributed by atoms with Crippen molar-refractivity contribution in [3.05, 3.63) is 83.9 Å². The van der Waals surface area contributed by atoms with Crippen molar-refractivity contribution in [1.82, 2.24) is 5.32 Å². The van der Waals surface area contributed by atoms with Crippen LogP contribution in [0.25, 0.3) is 0 Å². The molecular weight excluding hydrogens is 404 g/mol. The summed E-state index contributed by atoms with van der Waals surface area (Å²) in [7, 11) is -0.728. The lowest BCUT2D eigenvalue weighted by molar-refractivity contribution is 0.0951. The quantitative estimate of drug-likeness (QED) is 0.576. The zero-order valence-electron chi connectivity index (χ0n) is 16.6. The molecule has 0 radical (unpaired) electrons. The average molecular weight is 426 g/mol. The van der Waals surface area contributed by atoms with Crippen LogP contribution in [0.4, 0.5) is 5.69 Å². The summed E-state index contributed by atoms with van der Waals surface area (Å²) >= 11 is 0. The summed E-state index contributed by atoms with van der Waals surface area (Å²) in [5, 5.41) is 2.80. The smallest absolute Gasteiger partial charge is 0.261 e. The molecule has 2 N–H and O–H groups in total. The molecule has 0 saturated heterocycles. The summed E-state index contributed by atoms with van der Waals surface area (Å²) in [5.74, 6) is 0.740. The second kappa shape index (κ2) is 9.32. The van der Waals surface area contributed by atoms with Crippen LogP contribution < -0.4 is 19.5 Å². The summed E-state index contributed by atoms with van der Waals surface area (Å²) in [6.45, 7) is 0.235. The van der Waals surface area contributed by atoms with E-state index in [1.165, 1.54) is 19.2 Å². The summed E-state index contributed by atoms with van der Waals surface area (Å²) < 4.78 is 38.2. The van der Waals surface area contributed by atoms with Crippen LogP contribution in [0, 0.1) is 0 Å². The van der Waals surface area contributed by atoms with E-state index >= 15 is 0 Å². The van der Waals surface area contributed by atoms with Crippen molar-refractivity contribution < 1.29 is 22.7 Å². The van der Waals surface area contributed by atoms with Crippen molar-refractivity contribution in [3.8, 4) is 11.5 Å². The van der Waals surface area contributed by atoms with E-state index in [-0.39, 0.29) is 22.7 Å². The number of sulfonamides is 1. The zero-order valence-corrected chi connectivity index (χ0v) is 17.4. The van der Waals surface area contributed by atoms with Crippen molar-refractivity contribution in [3.63, 3.8) is 0 Å². The molecule has 1 amide bonds. The molecule has 3 rings (SSSR count). The van der Waals surface area contributed by atoms with Crippen LogP contribution in [-0.4, -0.2) is 28.5 Å². The second-order valence-electron chi connectivity index (χ2n) is 6.34. The van der Waals surface area contributed by atoms with Crippen molar-refractivity contribution in [2.45, 2.75) is 11.4 Å². The van der Waals surface area contributed by atoms with Gasteiger partial charge in [-0.1, -0.05) is 36.4 Å². The number of para-hydroxylation sites is 1. The van der Waals surface area contributed by atoms with Crippen LogP contribution in [0.3, 0.4) is 0 Å². The second-order valence-corrected chi connectivity index (χ2v) is 8.02. The van der Waals surface area contributed by atoms with E-state index < -0.39 is 15.9 Å². The van der Waals surface area contributed by atoms with Gasteiger partial charge in [0, 0.05) is 6.54 Å². The van der Waals surface area contributed by atoms with Gasteiger partial charge in [-0.25, -0.2) is 8.42 Å². The van der Waals surface area contributed by atoms with Crippen molar-refractivity contribution in [1.29, 1.82) is 0 Å². The number of ether oxygens (including phenoxy) is 2. The third-order valence-corrected chi connectivity index (χ3v) is 5.75. The summed E-state index contributed by atoms with van der Waals surface area (Å²) in [6.07, 6.45) is 0. The summed E-state index contributed by atoms with van der Waals surface area (Å²) in [6, 6.07) is 19.8. The molecule has 7 nitrogen and oxygen atoms in total. The fraction of sp³-hybridized carbons (Fsp3) is 0.136. The third kappa shape index (κ3) is 4.90. The molecule has 0 heterocycles. The highest BCUT2D eigenvalue weighted by molar-refractivity contribution is 7.92. The topological polar surface area (TPSA) is 93.7 Å². The Bertz CT molecular complexity index is 1130. The zero-order chi connectivity index (χ0) is 21.6. The highest BCUT2D eigenvalue weighted by Crippen LogP contribution is 2.27. The standard InChI is InChI=1S/C22H22N2O5S/c1-28-20-13-12-16(14-21(20)29-2)15-23-22(25)18-10-6-7-11-19(18)24-30(26,27)17-8-4-3-5-9-17/h3-14,24H,15H2,1-2H3,(H,23,25). The van der Waals surface area contributed by atoms with Gasteiger partial charge in [0.1, 0.15) is 0 Å². The van der Waals surface area contributed by atoms with Gasteiger partial charge in [0.2, 0.25) is 0 Å². The Balaban J connectivity index is 1.76. The van der Waals surface area contributed by atoms with E-state index in [1.807, 2.05) is 6.07 Å². The molecule has 0 aromatic heterocycles. The first-order valence-corrected chi connectivity index (χ1v) is 10.6. The minimum absolute atomic E-state index is 0.116. The number of nitrogens with one attached hydrogen (secondary N) is 2. The van der Waals surface area contributed by atoms with Gasteiger partial charge in [-0.2, -0.15) is 0 Å². The summed E-state index contributed by atoms with van der Waals surface area (Å²) in [4.78, 5) is 12.9. The molecule has 0 aliphatic rings. The molecule has 0 bridgehead atoms. The number of amides is 1. The molecule has 8 heteroatoms. The molecular formula is C22H22N2O5S. The molecule has 0 spiro atoms. The van der Waals surface area contributed by atoms with Gasteiger partial charge in [0.05, 0.1) is 30.4 Å². The van der Waals surface area contributed by atoms with Gasteiger partial charge < -0.3 is 14.8 Å². The molecule has 0 atom stereocenters. The first-order valence-electron chi connectivity index (χ1n) is 9.10. The maximum atomic E-state index is 12.7. The highest BCUT2D eigenvalue weighted by atomic mass is 32.2. The van der Waals surface area contributed by atoms with Gasteiger partial charge in [-0.15, -0.1) is 0 Å². The average Bonchev–Trinajstić information content (AvgIpc) is 2.78. The van der Waals surface area contributed by atoms with E-state index in [4.69, 9.17) is 9.47 Å². The maximum Gasteiger partial charge on any atom is 0.261 e. The minimum atomic E-state index is -3.81. The first kappa shape index (κ1) is 21.2. The third-order valence-electron chi connectivity index (χ3n) is 4.37. The van der Waals surface area contributed by atoms with Gasteiger partial charge in [-0.05, 0) is 42.0 Å². The number of anilines is 1. The summed E-state index contributed by atoms with van der Waals surface area (Å²) in [5.41, 5.74) is 1.23.